The fourth-order valence-electron chi connectivity index (χ4n) is 1.52. The number of hydrogen-bond acceptors (Lipinski definition) is 6. The van der Waals surface area contributed by atoms with Gasteiger partial charge in [-0.1, -0.05) is 24.0 Å². The van der Waals surface area contributed by atoms with Crippen LogP contribution in [-0.4, -0.2) is 44.0 Å². The highest BCUT2D eigenvalue weighted by molar-refractivity contribution is 8.26. The Morgan fingerprint density at radius 1 is 1.63 bits per heavy atom. The van der Waals surface area contributed by atoms with Crippen LogP contribution in [0.3, 0.4) is 0 Å². The molecule has 0 radical (unpaired) electrons. The molecule has 0 spiro atoms. The summed E-state index contributed by atoms with van der Waals surface area (Å²) in [5.74, 6) is -1.39. The standard InChI is InChI=1S/C11H9NO5S2/c13-5-7(10(15)16)12-9(14)8(19-11(12)18)4-6-2-1-3-17-6/h1-4,7,13H,5H2,(H,15,16)/b8-4+/t7-/m0/s1. The number of carbonyl (C=O) groups excluding carboxylic acids is 1. The first kappa shape index (κ1) is 13.8. The number of carboxylic acids is 1. The Labute approximate surface area is 117 Å². The lowest BCUT2D eigenvalue weighted by molar-refractivity contribution is -0.146. The molecule has 1 aromatic rings. The Morgan fingerprint density at radius 3 is 2.89 bits per heavy atom. The molecule has 0 aromatic carbocycles. The van der Waals surface area contributed by atoms with E-state index in [0.717, 1.165) is 16.7 Å². The van der Waals surface area contributed by atoms with Crippen molar-refractivity contribution >= 4 is 46.3 Å². The van der Waals surface area contributed by atoms with Gasteiger partial charge < -0.3 is 14.6 Å². The first-order chi connectivity index (χ1) is 9.04. The number of aliphatic hydroxyl groups is 1. The second-order valence-corrected chi connectivity index (χ2v) is 5.28. The molecule has 8 heteroatoms. The second kappa shape index (κ2) is 5.55. The Balaban J connectivity index is 2.28. The van der Waals surface area contributed by atoms with Gasteiger partial charge in [-0.25, -0.2) is 4.79 Å². The molecule has 0 saturated carbocycles. The van der Waals surface area contributed by atoms with Gasteiger partial charge in [-0.05, 0) is 12.1 Å². The first-order valence-electron chi connectivity index (χ1n) is 5.19. The van der Waals surface area contributed by atoms with E-state index in [2.05, 4.69) is 0 Å². The van der Waals surface area contributed by atoms with Gasteiger partial charge in [-0.15, -0.1) is 0 Å². The van der Waals surface area contributed by atoms with Crippen molar-refractivity contribution in [3.8, 4) is 0 Å². The van der Waals surface area contributed by atoms with Crippen molar-refractivity contribution in [3.05, 3.63) is 29.1 Å². The van der Waals surface area contributed by atoms with Crippen molar-refractivity contribution in [2.75, 3.05) is 6.61 Å². The van der Waals surface area contributed by atoms with E-state index in [9.17, 15) is 9.59 Å². The molecule has 1 aliphatic heterocycles. The zero-order valence-corrected chi connectivity index (χ0v) is 11.1. The van der Waals surface area contributed by atoms with Crippen LogP contribution in [0.1, 0.15) is 5.76 Å². The SMILES string of the molecule is O=C(O)[C@H](CO)N1C(=O)/C(=C\c2ccco2)SC1=S. The van der Waals surface area contributed by atoms with Crippen LogP contribution in [0, 0.1) is 0 Å². The molecule has 1 atom stereocenters. The Morgan fingerprint density at radius 2 is 2.37 bits per heavy atom. The van der Waals surface area contributed by atoms with Crippen LogP contribution in [0.15, 0.2) is 27.7 Å². The maximum atomic E-state index is 12.1. The van der Waals surface area contributed by atoms with Crippen LogP contribution in [0.2, 0.25) is 0 Å². The lowest BCUT2D eigenvalue weighted by Gasteiger charge is -2.20. The molecule has 1 aromatic heterocycles. The van der Waals surface area contributed by atoms with E-state index < -0.39 is 24.5 Å². The quantitative estimate of drug-likeness (QED) is 0.631. The maximum absolute atomic E-state index is 12.1. The van der Waals surface area contributed by atoms with Crippen molar-refractivity contribution in [3.63, 3.8) is 0 Å². The third-order valence-electron chi connectivity index (χ3n) is 2.41. The number of nitrogens with zero attached hydrogens (tertiary/aromatic N) is 1. The average Bonchev–Trinajstić information content (AvgIpc) is 2.94. The van der Waals surface area contributed by atoms with Crippen molar-refractivity contribution in [1.29, 1.82) is 0 Å². The molecule has 0 aliphatic carbocycles. The molecule has 1 aliphatic rings. The summed E-state index contributed by atoms with van der Waals surface area (Å²) in [6.45, 7) is -0.699. The molecule has 1 saturated heterocycles. The Kier molecular flexibility index (Phi) is 4.03. The van der Waals surface area contributed by atoms with Crippen LogP contribution in [0.5, 0.6) is 0 Å². The summed E-state index contributed by atoms with van der Waals surface area (Å²) in [6.07, 6.45) is 2.94. The minimum absolute atomic E-state index is 0.101. The second-order valence-electron chi connectivity index (χ2n) is 3.60. The fraction of sp³-hybridized carbons (Fsp3) is 0.182. The van der Waals surface area contributed by atoms with Crippen LogP contribution in [-0.2, 0) is 9.59 Å². The number of furan rings is 1. The van der Waals surface area contributed by atoms with Gasteiger partial charge in [0.2, 0.25) is 0 Å². The van der Waals surface area contributed by atoms with Crippen molar-refractivity contribution < 1.29 is 24.2 Å². The van der Waals surface area contributed by atoms with Gasteiger partial charge in [0.05, 0.1) is 17.8 Å². The number of carboxylic acid groups (broad SMARTS) is 1. The van der Waals surface area contributed by atoms with Crippen LogP contribution in [0.25, 0.3) is 6.08 Å². The predicted molar refractivity (Wildman–Crippen MR) is 72.2 cm³/mol. The first-order valence-corrected chi connectivity index (χ1v) is 6.41. The summed E-state index contributed by atoms with van der Waals surface area (Å²) < 4.78 is 5.18. The molecule has 2 heterocycles. The van der Waals surface area contributed by atoms with Crippen LogP contribution in [0.4, 0.5) is 0 Å². The summed E-state index contributed by atoms with van der Waals surface area (Å²) in [7, 11) is 0. The normalized spacial score (nSPS) is 19.2. The van der Waals surface area contributed by atoms with Gasteiger partial charge in [0.1, 0.15) is 10.1 Å². The van der Waals surface area contributed by atoms with E-state index in [1.807, 2.05) is 0 Å². The number of aliphatic hydroxyl groups excluding tert-OH is 1. The summed E-state index contributed by atoms with van der Waals surface area (Å²) in [5.41, 5.74) is 0. The number of rotatable bonds is 4. The van der Waals surface area contributed by atoms with E-state index in [1.54, 1.807) is 12.1 Å². The Bertz CT molecular complexity index is 551. The monoisotopic (exact) mass is 299 g/mol. The molecule has 100 valence electrons. The van der Waals surface area contributed by atoms with Crippen molar-refractivity contribution in [2.24, 2.45) is 0 Å². The number of thioether (sulfide) groups is 1. The van der Waals surface area contributed by atoms with Crippen LogP contribution >= 0.6 is 24.0 Å². The van der Waals surface area contributed by atoms with Gasteiger partial charge in [-0.3, -0.25) is 9.69 Å². The minimum Gasteiger partial charge on any atom is -0.480 e. The highest BCUT2D eigenvalue weighted by atomic mass is 32.2. The summed E-state index contributed by atoms with van der Waals surface area (Å²) in [6, 6.07) is 1.96. The number of carbonyl (C=O) groups is 2. The minimum atomic E-state index is -1.37. The van der Waals surface area contributed by atoms with Gasteiger partial charge in [-0.2, -0.15) is 0 Å². The zero-order valence-electron chi connectivity index (χ0n) is 9.48. The number of amides is 1. The molecule has 1 amide bonds. The van der Waals surface area contributed by atoms with E-state index in [0.29, 0.717) is 5.76 Å². The molecule has 0 unspecified atom stereocenters. The molecule has 1 fully saturated rings. The highest BCUT2D eigenvalue weighted by Gasteiger charge is 2.40. The molecular formula is C11H9NO5S2. The van der Waals surface area contributed by atoms with E-state index in [1.165, 1.54) is 12.3 Å². The average molecular weight is 299 g/mol. The van der Waals surface area contributed by atoms with Crippen LogP contribution < -0.4 is 0 Å². The zero-order chi connectivity index (χ0) is 14.0. The van der Waals surface area contributed by atoms with Crippen molar-refractivity contribution in [2.45, 2.75) is 6.04 Å². The molecule has 0 bridgehead atoms. The van der Waals surface area contributed by atoms with E-state index >= 15 is 0 Å². The lowest BCUT2D eigenvalue weighted by Crippen LogP contribution is -2.46. The van der Waals surface area contributed by atoms with Gasteiger partial charge in [0.15, 0.2) is 6.04 Å². The highest BCUT2D eigenvalue weighted by Crippen LogP contribution is 2.33. The molecule has 2 rings (SSSR count). The van der Waals surface area contributed by atoms with E-state index in [4.69, 9.17) is 26.8 Å². The summed E-state index contributed by atoms with van der Waals surface area (Å²) >= 11 is 5.95. The fourth-order valence-corrected chi connectivity index (χ4v) is 2.86. The largest absolute Gasteiger partial charge is 0.480 e. The lowest BCUT2D eigenvalue weighted by atomic mass is 10.2. The molecular weight excluding hydrogens is 290 g/mol. The Hall–Kier alpha value is -1.64. The van der Waals surface area contributed by atoms with Gasteiger partial charge in [0, 0.05) is 6.08 Å². The van der Waals surface area contributed by atoms with Crippen molar-refractivity contribution in [1.82, 2.24) is 4.90 Å². The number of thiocarbonyl (C=S) groups is 1. The number of aliphatic carboxylic acids is 1. The smallest absolute Gasteiger partial charge is 0.329 e. The number of hydrogen-bond donors (Lipinski definition) is 2. The summed E-state index contributed by atoms with van der Waals surface area (Å²) in [4.78, 5) is 24.2. The van der Waals surface area contributed by atoms with Gasteiger partial charge >= 0.3 is 5.97 Å². The predicted octanol–water partition coefficient (Wildman–Crippen LogP) is 0.926. The third kappa shape index (κ3) is 2.70. The van der Waals surface area contributed by atoms with E-state index in [-0.39, 0.29) is 9.23 Å². The topological polar surface area (TPSA) is 91.0 Å². The molecule has 19 heavy (non-hydrogen) atoms. The molecule has 6 nitrogen and oxygen atoms in total. The third-order valence-corrected chi connectivity index (χ3v) is 3.74. The maximum Gasteiger partial charge on any atom is 0.329 e. The van der Waals surface area contributed by atoms with Gasteiger partial charge in [0.25, 0.3) is 5.91 Å². The molecule has 2 N–H and O–H groups in total. The summed E-state index contributed by atoms with van der Waals surface area (Å²) in [5, 5.41) is 18.0.